The van der Waals surface area contributed by atoms with E-state index in [1.807, 2.05) is 0 Å². The number of nitrogens with zero attached hydrogens (tertiary/aromatic N) is 2. The SMILES string of the molecule is CC(=O)c1cn(CC2CCCN2C=O)c(C)c(O)c1=O. The van der Waals surface area contributed by atoms with Gasteiger partial charge >= 0.3 is 0 Å². The second-order valence-corrected chi connectivity index (χ2v) is 5.15. The number of carbonyl (C=O) groups excluding carboxylic acids is 2. The Morgan fingerprint density at radius 1 is 1.55 bits per heavy atom. The maximum Gasteiger partial charge on any atom is 0.234 e. The molecule has 20 heavy (non-hydrogen) atoms. The van der Waals surface area contributed by atoms with Gasteiger partial charge in [-0.15, -0.1) is 0 Å². The average Bonchev–Trinajstić information content (AvgIpc) is 2.86. The molecule has 0 saturated carbocycles. The molecule has 0 aromatic carbocycles. The zero-order chi connectivity index (χ0) is 14.9. The highest BCUT2D eigenvalue weighted by atomic mass is 16.3. The summed E-state index contributed by atoms with van der Waals surface area (Å²) in [6.45, 7) is 4.11. The van der Waals surface area contributed by atoms with Crippen LogP contribution in [-0.4, -0.2) is 39.4 Å². The number of hydrogen-bond acceptors (Lipinski definition) is 4. The molecule has 6 nitrogen and oxygen atoms in total. The molecule has 0 spiro atoms. The summed E-state index contributed by atoms with van der Waals surface area (Å²) in [5, 5.41) is 9.85. The monoisotopic (exact) mass is 278 g/mol. The van der Waals surface area contributed by atoms with Gasteiger partial charge in [0.05, 0.1) is 11.3 Å². The second-order valence-electron chi connectivity index (χ2n) is 5.15. The third-order valence-corrected chi connectivity index (χ3v) is 3.86. The predicted molar refractivity (Wildman–Crippen MR) is 72.9 cm³/mol. The van der Waals surface area contributed by atoms with Crippen molar-refractivity contribution in [1.82, 2.24) is 9.47 Å². The molecule has 6 heteroatoms. The first-order chi connectivity index (χ1) is 9.45. The van der Waals surface area contributed by atoms with Crippen LogP contribution < -0.4 is 5.43 Å². The molecular weight excluding hydrogens is 260 g/mol. The third-order valence-electron chi connectivity index (χ3n) is 3.86. The normalized spacial score (nSPS) is 18.3. The molecule has 1 amide bonds. The fraction of sp³-hybridized carbons (Fsp3) is 0.500. The van der Waals surface area contributed by atoms with Crippen molar-refractivity contribution >= 4 is 12.2 Å². The van der Waals surface area contributed by atoms with Crippen molar-refractivity contribution in [3.05, 3.63) is 27.7 Å². The van der Waals surface area contributed by atoms with E-state index in [0.29, 0.717) is 12.2 Å². The Morgan fingerprint density at radius 2 is 2.25 bits per heavy atom. The lowest BCUT2D eigenvalue weighted by Crippen LogP contribution is -2.33. The Balaban J connectivity index is 2.39. The van der Waals surface area contributed by atoms with Gasteiger partial charge in [0.15, 0.2) is 11.5 Å². The van der Waals surface area contributed by atoms with Gasteiger partial charge in [-0.05, 0) is 26.7 Å². The zero-order valence-corrected chi connectivity index (χ0v) is 11.6. The van der Waals surface area contributed by atoms with Crippen molar-refractivity contribution in [3.8, 4) is 5.75 Å². The minimum atomic E-state index is -0.634. The van der Waals surface area contributed by atoms with E-state index in [1.165, 1.54) is 13.1 Å². The summed E-state index contributed by atoms with van der Waals surface area (Å²) >= 11 is 0. The van der Waals surface area contributed by atoms with Crippen LogP contribution in [0.5, 0.6) is 5.75 Å². The van der Waals surface area contributed by atoms with Gasteiger partial charge in [0.1, 0.15) is 0 Å². The van der Waals surface area contributed by atoms with Crippen LogP contribution in [0.3, 0.4) is 0 Å². The zero-order valence-electron chi connectivity index (χ0n) is 11.6. The number of aromatic hydroxyl groups is 1. The highest BCUT2D eigenvalue weighted by Crippen LogP contribution is 2.20. The molecule has 2 heterocycles. The van der Waals surface area contributed by atoms with Crippen molar-refractivity contribution < 1.29 is 14.7 Å². The highest BCUT2D eigenvalue weighted by Gasteiger charge is 2.24. The Morgan fingerprint density at radius 3 is 2.85 bits per heavy atom. The first-order valence-electron chi connectivity index (χ1n) is 6.60. The minimum absolute atomic E-state index is 0.0243. The van der Waals surface area contributed by atoms with Crippen molar-refractivity contribution in [3.63, 3.8) is 0 Å². The van der Waals surface area contributed by atoms with Gasteiger partial charge in [0, 0.05) is 25.3 Å². The molecule has 1 aromatic heterocycles. The number of Topliss-reactive ketones (excluding diaryl/α,β-unsaturated/α-hetero) is 1. The molecule has 1 aliphatic rings. The van der Waals surface area contributed by atoms with E-state index in [2.05, 4.69) is 0 Å². The van der Waals surface area contributed by atoms with Gasteiger partial charge in [-0.3, -0.25) is 14.4 Å². The fourth-order valence-corrected chi connectivity index (χ4v) is 2.60. The lowest BCUT2D eigenvalue weighted by molar-refractivity contribution is -0.119. The van der Waals surface area contributed by atoms with E-state index in [4.69, 9.17) is 0 Å². The Hall–Kier alpha value is -2.11. The first kappa shape index (κ1) is 14.3. The highest BCUT2D eigenvalue weighted by molar-refractivity contribution is 5.94. The number of aromatic nitrogens is 1. The topological polar surface area (TPSA) is 79.6 Å². The third kappa shape index (κ3) is 2.45. The minimum Gasteiger partial charge on any atom is -0.503 e. The van der Waals surface area contributed by atoms with Gasteiger partial charge in [0.25, 0.3) is 0 Å². The van der Waals surface area contributed by atoms with Gasteiger partial charge in [-0.25, -0.2) is 0 Å². The summed E-state index contributed by atoms with van der Waals surface area (Å²) in [5.74, 6) is -0.772. The van der Waals surface area contributed by atoms with Crippen molar-refractivity contribution in [1.29, 1.82) is 0 Å². The molecule has 1 unspecified atom stereocenters. The number of amides is 1. The number of carbonyl (C=O) groups is 2. The molecule has 108 valence electrons. The molecular formula is C14H18N2O4. The van der Waals surface area contributed by atoms with Crippen LogP contribution >= 0.6 is 0 Å². The smallest absolute Gasteiger partial charge is 0.234 e. The molecule has 0 bridgehead atoms. The van der Waals surface area contributed by atoms with Gasteiger partial charge in [0.2, 0.25) is 11.8 Å². The Labute approximate surface area is 116 Å². The summed E-state index contributed by atoms with van der Waals surface area (Å²) in [4.78, 5) is 35.9. The van der Waals surface area contributed by atoms with Crippen LogP contribution in [0.15, 0.2) is 11.0 Å². The van der Waals surface area contributed by atoms with Crippen molar-refractivity contribution in [2.24, 2.45) is 0 Å². The molecule has 1 atom stereocenters. The fourth-order valence-electron chi connectivity index (χ4n) is 2.60. The van der Waals surface area contributed by atoms with Crippen LogP contribution in [0, 0.1) is 6.92 Å². The summed E-state index contributed by atoms with van der Waals surface area (Å²) in [7, 11) is 0. The standard InChI is InChI=1S/C14H18N2O4/c1-9-13(19)14(20)12(10(2)18)7-16(9)6-11-4-3-5-15(11)8-17/h7-8,11,19H,3-6H2,1-2H3. The van der Waals surface area contributed by atoms with E-state index < -0.39 is 11.2 Å². The lowest BCUT2D eigenvalue weighted by atomic mass is 10.1. The molecule has 1 aromatic rings. The van der Waals surface area contributed by atoms with Gasteiger partial charge in [-0.2, -0.15) is 0 Å². The van der Waals surface area contributed by atoms with Crippen molar-refractivity contribution in [2.75, 3.05) is 6.54 Å². The van der Waals surface area contributed by atoms with Gasteiger partial charge in [-0.1, -0.05) is 0 Å². The number of pyridine rings is 1. The van der Waals surface area contributed by atoms with Crippen molar-refractivity contribution in [2.45, 2.75) is 39.3 Å². The Kier molecular flexibility index (Phi) is 3.92. The number of hydrogen-bond donors (Lipinski definition) is 1. The summed E-state index contributed by atoms with van der Waals surface area (Å²) in [6, 6.07) is 0.0351. The number of ketones is 1. The van der Waals surface area contributed by atoms with Crippen LogP contribution in [0.2, 0.25) is 0 Å². The average molecular weight is 278 g/mol. The second kappa shape index (κ2) is 5.48. The largest absolute Gasteiger partial charge is 0.503 e. The molecule has 2 rings (SSSR count). The molecule has 0 aliphatic carbocycles. The van der Waals surface area contributed by atoms with Gasteiger partial charge < -0.3 is 14.6 Å². The van der Waals surface area contributed by atoms with E-state index >= 15 is 0 Å². The Bertz CT molecular complexity index is 606. The maximum absolute atomic E-state index is 11.8. The summed E-state index contributed by atoms with van der Waals surface area (Å²) in [5.41, 5.74) is -0.244. The lowest BCUT2D eigenvalue weighted by Gasteiger charge is -2.23. The summed E-state index contributed by atoms with van der Waals surface area (Å²) < 4.78 is 1.68. The van der Waals surface area contributed by atoms with E-state index in [0.717, 1.165) is 25.8 Å². The molecule has 0 radical (unpaired) electrons. The molecule has 1 saturated heterocycles. The van der Waals surface area contributed by atoms with Crippen LogP contribution in [0.25, 0.3) is 0 Å². The molecule has 1 fully saturated rings. The van der Waals surface area contributed by atoms with E-state index in [1.54, 1.807) is 16.4 Å². The molecule has 1 aliphatic heterocycles. The predicted octanol–water partition coefficient (Wildman–Crippen LogP) is 0.686. The van der Waals surface area contributed by atoms with E-state index in [9.17, 15) is 19.5 Å². The van der Waals surface area contributed by atoms with Crippen LogP contribution in [0.1, 0.15) is 35.8 Å². The maximum atomic E-state index is 11.8. The number of likely N-dealkylation sites (tertiary alicyclic amines) is 1. The van der Waals surface area contributed by atoms with Crippen LogP contribution in [0.4, 0.5) is 0 Å². The van der Waals surface area contributed by atoms with E-state index in [-0.39, 0.29) is 17.4 Å². The molecule has 1 N–H and O–H groups in total. The van der Waals surface area contributed by atoms with Crippen LogP contribution in [-0.2, 0) is 11.3 Å². The quantitative estimate of drug-likeness (QED) is 0.649. The summed E-state index contributed by atoms with van der Waals surface area (Å²) in [6.07, 6.45) is 4.11. The number of rotatable bonds is 4. The first-order valence-corrected chi connectivity index (χ1v) is 6.60.